The second-order valence-electron chi connectivity index (χ2n) is 9.20. The number of morpholine rings is 1. The number of H-pyrrole nitrogens is 2. The van der Waals surface area contributed by atoms with Crippen molar-refractivity contribution in [2.75, 3.05) is 33.4 Å². The van der Waals surface area contributed by atoms with Crippen LogP contribution in [0.25, 0.3) is 33.2 Å². The number of hydrazone groups is 2. The maximum absolute atomic E-state index is 5.47. The third-order valence-corrected chi connectivity index (χ3v) is 6.65. The standard InChI is InChI=1S/C26H29N7O/c1-17-3-7-23(31-32(2)30-17)19-5-6-21-24(14-19)28-29-26(21)25-15-20-13-18(4-8-22(20)27-25)16-33-9-11-34-12-10-33/h4-6,8,13-15,27H,3,7,9-12,16H2,1-2H3,(H,28,29). The molecule has 4 heterocycles. The zero-order valence-electron chi connectivity index (χ0n) is 19.6. The van der Waals surface area contributed by atoms with Crippen LogP contribution >= 0.6 is 0 Å². The summed E-state index contributed by atoms with van der Waals surface area (Å²) in [6.07, 6.45) is 1.79. The van der Waals surface area contributed by atoms with Gasteiger partial charge in [0, 0.05) is 48.7 Å². The van der Waals surface area contributed by atoms with E-state index in [1.165, 1.54) is 10.9 Å². The fraction of sp³-hybridized carbons (Fsp3) is 0.346. The molecule has 0 amide bonds. The van der Waals surface area contributed by atoms with Gasteiger partial charge in [-0.15, -0.1) is 0 Å². The molecule has 1 saturated heterocycles. The Morgan fingerprint density at radius 3 is 2.74 bits per heavy atom. The summed E-state index contributed by atoms with van der Waals surface area (Å²) in [4.78, 5) is 6.00. The predicted molar refractivity (Wildman–Crippen MR) is 136 cm³/mol. The molecule has 0 saturated carbocycles. The van der Waals surface area contributed by atoms with E-state index in [9.17, 15) is 0 Å². The lowest BCUT2D eigenvalue weighted by molar-refractivity contribution is 0.0342. The van der Waals surface area contributed by atoms with Crippen LogP contribution in [0, 0.1) is 0 Å². The second kappa shape index (κ2) is 8.70. The molecule has 2 aliphatic rings. The molecule has 174 valence electrons. The Morgan fingerprint density at radius 1 is 0.971 bits per heavy atom. The molecule has 34 heavy (non-hydrogen) atoms. The Balaban J connectivity index is 1.28. The maximum Gasteiger partial charge on any atom is 0.116 e. The predicted octanol–water partition coefficient (Wildman–Crippen LogP) is 4.35. The fourth-order valence-electron chi connectivity index (χ4n) is 4.88. The first kappa shape index (κ1) is 21.1. The van der Waals surface area contributed by atoms with Crippen molar-refractivity contribution in [3.63, 3.8) is 0 Å². The molecule has 4 aromatic rings. The Labute approximate surface area is 198 Å². The van der Waals surface area contributed by atoms with Gasteiger partial charge in [-0.3, -0.25) is 10.00 Å². The van der Waals surface area contributed by atoms with Gasteiger partial charge in [0.05, 0.1) is 30.1 Å². The summed E-state index contributed by atoms with van der Waals surface area (Å²) < 4.78 is 5.47. The van der Waals surface area contributed by atoms with Gasteiger partial charge in [-0.05, 0) is 61.2 Å². The van der Waals surface area contributed by atoms with Crippen molar-refractivity contribution in [2.45, 2.75) is 26.3 Å². The van der Waals surface area contributed by atoms with Crippen LogP contribution in [0.2, 0.25) is 0 Å². The first-order valence-corrected chi connectivity index (χ1v) is 11.9. The minimum absolute atomic E-state index is 0.821. The first-order chi connectivity index (χ1) is 16.6. The van der Waals surface area contributed by atoms with Gasteiger partial charge >= 0.3 is 0 Å². The monoisotopic (exact) mass is 455 g/mol. The highest BCUT2D eigenvalue weighted by molar-refractivity contribution is 6.06. The number of hydrogen-bond donors (Lipinski definition) is 2. The van der Waals surface area contributed by atoms with E-state index < -0.39 is 0 Å². The van der Waals surface area contributed by atoms with Crippen LogP contribution < -0.4 is 0 Å². The molecule has 2 aliphatic heterocycles. The van der Waals surface area contributed by atoms with E-state index in [1.54, 1.807) is 5.12 Å². The van der Waals surface area contributed by atoms with Crippen molar-refractivity contribution < 1.29 is 4.74 Å². The number of ether oxygens (including phenoxy) is 1. The van der Waals surface area contributed by atoms with E-state index in [4.69, 9.17) is 4.74 Å². The summed E-state index contributed by atoms with van der Waals surface area (Å²) in [5.41, 5.74) is 8.65. The topological polar surface area (TPSA) is 84.9 Å². The van der Waals surface area contributed by atoms with Gasteiger partial charge in [0.1, 0.15) is 5.69 Å². The molecule has 0 unspecified atom stereocenters. The average Bonchev–Trinajstić information content (AvgIpc) is 3.40. The number of rotatable bonds is 4. The summed E-state index contributed by atoms with van der Waals surface area (Å²) in [7, 11) is 1.88. The summed E-state index contributed by atoms with van der Waals surface area (Å²) in [6, 6.07) is 15.3. The third kappa shape index (κ3) is 4.10. The fourth-order valence-corrected chi connectivity index (χ4v) is 4.88. The van der Waals surface area contributed by atoms with Crippen molar-refractivity contribution in [1.82, 2.24) is 25.2 Å². The highest BCUT2D eigenvalue weighted by Gasteiger charge is 2.16. The number of nitrogens with one attached hydrogen (secondary N) is 2. The lowest BCUT2D eigenvalue weighted by Gasteiger charge is -2.26. The van der Waals surface area contributed by atoms with Crippen molar-refractivity contribution in [3.8, 4) is 11.4 Å². The van der Waals surface area contributed by atoms with Gasteiger partial charge in [0.15, 0.2) is 0 Å². The van der Waals surface area contributed by atoms with Gasteiger partial charge in [-0.25, -0.2) is 0 Å². The molecule has 2 N–H and O–H groups in total. The van der Waals surface area contributed by atoms with Gasteiger partial charge in [-0.1, -0.05) is 12.1 Å². The molecule has 0 aliphatic carbocycles. The van der Waals surface area contributed by atoms with E-state index in [0.29, 0.717) is 0 Å². The molecule has 6 rings (SSSR count). The van der Waals surface area contributed by atoms with Crippen LogP contribution in [0.3, 0.4) is 0 Å². The van der Waals surface area contributed by atoms with E-state index in [-0.39, 0.29) is 0 Å². The summed E-state index contributed by atoms with van der Waals surface area (Å²) in [5, 5.41) is 21.0. The quantitative estimate of drug-likeness (QED) is 0.479. The Bertz CT molecular complexity index is 1410. The molecule has 2 aromatic heterocycles. The van der Waals surface area contributed by atoms with Crippen molar-refractivity contribution in [3.05, 3.63) is 53.6 Å². The van der Waals surface area contributed by atoms with Crippen LogP contribution in [0.1, 0.15) is 30.9 Å². The minimum atomic E-state index is 0.821. The SMILES string of the molecule is CC1=NN(C)N=C(c2ccc3c(-c4cc5cc(CN6CCOCC6)ccc5[nH]4)n[nH]c3c2)CC1. The van der Waals surface area contributed by atoms with Crippen molar-refractivity contribution in [1.29, 1.82) is 0 Å². The number of benzene rings is 2. The Morgan fingerprint density at radius 2 is 1.85 bits per heavy atom. The summed E-state index contributed by atoms with van der Waals surface area (Å²) in [5.74, 6) is 0. The van der Waals surface area contributed by atoms with Gasteiger partial charge < -0.3 is 9.72 Å². The number of aromatic amines is 2. The molecular formula is C26H29N7O. The smallest absolute Gasteiger partial charge is 0.116 e. The van der Waals surface area contributed by atoms with Crippen molar-refractivity contribution >= 4 is 33.2 Å². The number of fused-ring (bicyclic) bond motifs is 2. The molecular weight excluding hydrogens is 426 g/mol. The largest absolute Gasteiger partial charge is 0.379 e. The molecule has 0 radical (unpaired) electrons. The third-order valence-electron chi connectivity index (χ3n) is 6.65. The molecule has 2 aromatic carbocycles. The van der Waals surface area contributed by atoms with Gasteiger partial charge in [0.25, 0.3) is 0 Å². The van der Waals surface area contributed by atoms with E-state index in [1.807, 2.05) is 14.0 Å². The Hall–Kier alpha value is -3.49. The number of hydrogen-bond acceptors (Lipinski definition) is 6. The highest BCUT2D eigenvalue weighted by Crippen LogP contribution is 2.30. The van der Waals surface area contributed by atoms with E-state index in [0.717, 1.165) is 90.5 Å². The second-order valence-corrected chi connectivity index (χ2v) is 9.20. The molecule has 0 atom stereocenters. The van der Waals surface area contributed by atoms with Crippen molar-refractivity contribution in [2.24, 2.45) is 10.2 Å². The van der Waals surface area contributed by atoms with Gasteiger partial charge in [0.2, 0.25) is 0 Å². The maximum atomic E-state index is 5.47. The van der Waals surface area contributed by atoms with E-state index in [2.05, 4.69) is 72.7 Å². The summed E-state index contributed by atoms with van der Waals surface area (Å²) in [6.45, 7) is 6.63. The molecule has 8 nitrogen and oxygen atoms in total. The van der Waals surface area contributed by atoms with Crippen LogP contribution in [-0.4, -0.2) is 70.0 Å². The van der Waals surface area contributed by atoms with Crippen LogP contribution in [0.15, 0.2) is 52.7 Å². The van der Waals surface area contributed by atoms with Crippen LogP contribution in [-0.2, 0) is 11.3 Å². The zero-order chi connectivity index (χ0) is 23.1. The molecule has 1 fully saturated rings. The summed E-state index contributed by atoms with van der Waals surface area (Å²) >= 11 is 0. The lowest BCUT2D eigenvalue weighted by atomic mass is 10.0. The molecule has 0 bridgehead atoms. The lowest BCUT2D eigenvalue weighted by Crippen LogP contribution is -2.35. The van der Waals surface area contributed by atoms with Crippen LogP contribution in [0.5, 0.6) is 0 Å². The Kier molecular flexibility index (Phi) is 5.39. The zero-order valence-corrected chi connectivity index (χ0v) is 19.6. The molecule has 0 spiro atoms. The average molecular weight is 456 g/mol. The van der Waals surface area contributed by atoms with E-state index >= 15 is 0 Å². The first-order valence-electron chi connectivity index (χ1n) is 11.9. The minimum Gasteiger partial charge on any atom is -0.379 e. The molecule has 8 heteroatoms. The van der Waals surface area contributed by atoms with Crippen LogP contribution in [0.4, 0.5) is 0 Å². The highest BCUT2D eigenvalue weighted by atomic mass is 16.5. The number of aromatic nitrogens is 3. The van der Waals surface area contributed by atoms with Gasteiger partial charge in [-0.2, -0.15) is 20.4 Å². The normalized spacial score (nSPS) is 17.8. The number of nitrogens with zero attached hydrogens (tertiary/aromatic N) is 5.